The van der Waals surface area contributed by atoms with E-state index in [4.69, 9.17) is 4.42 Å². The summed E-state index contributed by atoms with van der Waals surface area (Å²) in [7, 11) is 3.89. The molecule has 0 saturated heterocycles. The second-order valence-electron chi connectivity index (χ2n) is 9.14. The summed E-state index contributed by atoms with van der Waals surface area (Å²) in [6.45, 7) is 1.29. The third-order valence-corrected chi connectivity index (χ3v) is 5.82. The lowest BCUT2D eigenvalue weighted by molar-refractivity contribution is -0.138. The molecular formula is C28H35N5O4. The molecule has 0 aliphatic heterocycles. The van der Waals surface area contributed by atoms with Gasteiger partial charge < -0.3 is 20.0 Å². The van der Waals surface area contributed by atoms with Crippen LogP contribution < -0.4 is 10.6 Å². The van der Waals surface area contributed by atoms with Crippen molar-refractivity contribution in [3.8, 4) is 11.5 Å². The first-order valence-electron chi connectivity index (χ1n) is 12.6. The summed E-state index contributed by atoms with van der Waals surface area (Å²) in [6, 6.07) is 17.1. The summed E-state index contributed by atoms with van der Waals surface area (Å²) >= 11 is 0. The van der Waals surface area contributed by atoms with Crippen molar-refractivity contribution < 1.29 is 18.8 Å². The second-order valence-corrected chi connectivity index (χ2v) is 9.14. The van der Waals surface area contributed by atoms with E-state index < -0.39 is 11.7 Å². The van der Waals surface area contributed by atoms with E-state index in [0.717, 1.165) is 32.2 Å². The summed E-state index contributed by atoms with van der Waals surface area (Å²) < 4.78 is 5.60. The average Bonchev–Trinajstić information content (AvgIpc) is 3.38. The molecule has 9 nitrogen and oxygen atoms in total. The summed E-state index contributed by atoms with van der Waals surface area (Å²) in [5, 5.41) is 13.3. The molecule has 0 spiro atoms. The summed E-state index contributed by atoms with van der Waals surface area (Å²) in [4.78, 5) is 38.4. The van der Waals surface area contributed by atoms with Gasteiger partial charge >= 0.3 is 0 Å². The van der Waals surface area contributed by atoms with Crippen molar-refractivity contribution >= 4 is 17.6 Å². The van der Waals surface area contributed by atoms with Crippen LogP contribution in [0, 0.1) is 0 Å². The van der Waals surface area contributed by atoms with E-state index in [1.165, 1.54) is 5.56 Å². The van der Waals surface area contributed by atoms with Crippen molar-refractivity contribution in [3.63, 3.8) is 0 Å². The van der Waals surface area contributed by atoms with Crippen molar-refractivity contribution in [3.05, 3.63) is 71.6 Å². The summed E-state index contributed by atoms with van der Waals surface area (Å²) in [6.07, 6.45) is 4.94. The number of nitrogens with zero attached hydrogens (tertiary/aromatic N) is 3. The van der Waals surface area contributed by atoms with Crippen molar-refractivity contribution in [1.82, 2.24) is 25.7 Å². The molecular weight excluding hydrogens is 470 g/mol. The Morgan fingerprint density at radius 2 is 1.59 bits per heavy atom. The number of nitrogens with one attached hydrogen (secondary N) is 2. The van der Waals surface area contributed by atoms with Gasteiger partial charge in [0.05, 0.1) is 6.54 Å². The Morgan fingerprint density at radius 3 is 2.32 bits per heavy atom. The van der Waals surface area contributed by atoms with Crippen molar-refractivity contribution in [2.24, 2.45) is 0 Å². The summed E-state index contributed by atoms with van der Waals surface area (Å²) in [5.41, 5.74) is 2.50. The van der Waals surface area contributed by atoms with Crippen LogP contribution in [0.4, 0.5) is 0 Å². The lowest BCUT2D eigenvalue weighted by atomic mass is 10.0. The molecule has 0 bridgehead atoms. The highest BCUT2D eigenvalue weighted by Gasteiger charge is 2.15. The first-order chi connectivity index (χ1) is 17.9. The molecule has 2 aromatic carbocycles. The van der Waals surface area contributed by atoms with Gasteiger partial charge in [-0.05, 0) is 63.2 Å². The van der Waals surface area contributed by atoms with E-state index in [1.807, 2.05) is 37.2 Å². The number of rotatable bonds is 15. The number of ketones is 1. The Morgan fingerprint density at radius 1 is 0.865 bits per heavy atom. The number of amides is 2. The van der Waals surface area contributed by atoms with Gasteiger partial charge in [0.25, 0.3) is 11.8 Å². The fourth-order valence-electron chi connectivity index (χ4n) is 3.68. The highest BCUT2D eigenvalue weighted by Crippen LogP contribution is 2.18. The lowest BCUT2D eigenvalue weighted by Crippen LogP contribution is -2.31. The average molecular weight is 506 g/mol. The Labute approximate surface area is 217 Å². The van der Waals surface area contributed by atoms with Gasteiger partial charge in [0, 0.05) is 30.6 Å². The smallest absolute Gasteiger partial charge is 0.287 e. The van der Waals surface area contributed by atoms with Gasteiger partial charge in [-0.2, -0.15) is 0 Å². The molecule has 3 aromatic rings. The molecule has 0 fully saturated rings. The molecule has 0 aliphatic carbocycles. The van der Waals surface area contributed by atoms with Crippen LogP contribution in [0.1, 0.15) is 53.9 Å². The van der Waals surface area contributed by atoms with Gasteiger partial charge in [-0.1, -0.05) is 43.2 Å². The number of carbonyl (C=O) groups is 3. The maximum absolute atomic E-state index is 12.2. The number of aromatic nitrogens is 2. The second kappa shape index (κ2) is 14.6. The molecule has 0 radical (unpaired) electrons. The van der Waals surface area contributed by atoms with E-state index in [0.29, 0.717) is 24.1 Å². The van der Waals surface area contributed by atoms with Crippen LogP contribution in [0.5, 0.6) is 0 Å². The molecule has 3 rings (SSSR count). The van der Waals surface area contributed by atoms with Crippen LogP contribution in [0.2, 0.25) is 0 Å². The Balaban J connectivity index is 1.35. The van der Waals surface area contributed by atoms with Gasteiger partial charge in [0.2, 0.25) is 17.6 Å². The maximum Gasteiger partial charge on any atom is 0.287 e. The first kappa shape index (κ1) is 27.7. The normalized spacial score (nSPS) is 10.9. The number of Topliss-reactive ketones (excluding diaryl/α,β-unsaturated/α-hetero) is 1. The third kappa shape index (κ3) is 9.61. The number of hydrogen-bond donors (Lipinski definition) is 2. The van der Waals surface area contributed by atoms with Crippen molar-refractivity contribution in [2.75, 3.05) is 27.2 Å². The zero-order valence-electron chi connectivity index (χ0n) is 21.5. The minimum absolute atomic E-state index is 0.0268. The number of hydrogen-bond acceptors (Lipinski definition) is 7. The molecule has 1 heterocycles. The predicted molar refractivity (Wildman–Crippen MR) is 141 cm³/mol. The Bertz CT molecular complexity index is 1140. The van der Waals surface area contributed by atoms with Crippen LogP contribution >= 0.6 is 0 Å². The Kier molecular flexibility index (Phi) is 11.0. The maximum atomic E-state index is 12.2. The minimum Gasteiger partial charge on any atom is -0.419 e. The van der Waals surface area contributed by atoms with Crippen LogP contribution in [0.25, 0.3) is 11.5 Å². The van der Waals surface area contributed by atoms with Crippen LogP contribution in [-0.2, 0) is 22.6 Å². The molecule has 2 N–H and O–H groups in total. The van der Waals surface area contributed by atoms with Crippen LogP contribution in [0.15, 0.2) is 59.0 Å². The van der Waals surface area contributed by atoms with E-state index >= 15 is 0 Å². The predicted octanol–water partition coefficient (Wildman–Crippen LogP) is 3.41. The van der Waals surface area contributed by atoms with Gasteiger partial charge in [0.15, 0.2) is 0 Å². The number of likely N-dealkylation sites (N-methyl/N-ethyl adjacent to an activating group) is 1. The highest BCUT2D eigenvalue weighted by molar-refractivity contribution is 6.36. The first-order valence-corrected chi connectivity index (χ1v) is 12.6. The number of benzene rings is 2. The minimum atomic E-state index is -0.645. The van der Waals surface area contributed by atoms with E-state index in [1.54, 1.807) is 24.3 Å². The third-order valence-electron chi connectivity index (χ3n) is 5.82. The summed E-state index contributed by atoms with van der Waals surface area (Å²) in [5.74, 6) is -0.775. The van der Waals surface area contributed by atoms with Gasteiger partial charge in [0.1, 0.15) is 0 Å². The number of aryl methyl sites for hydroxylation is 1. The SMILES string of the molecule is CN(C)CCNC(=O)c1ccc(-c2nnc(CNC(=O)C(=O)CCCCCCc3ccccc3)o2)cc1. The highest BCUT2D eigenvalue weighted by atomic mass is 16.4. The molecule has 37 heavy (non-hydrogen) atoms. The van der Waals surface area contributed by atoms with Crippen molar-refractivity contribution in [2.45, 2.75) is 45.1 Å². The zero-order chi connectivity index (χ0) is 26.5. The van der Waals surface area contributed by atoms with Gasteiger partial charge in [-0.25, -0.2) is 0 Å². The van der Waals surface area contributed by atoms with Gasteiger partial charge in [-0.3, -0.25) is 14.4 Å². The molecule has 196 valence electrons. The van der Waals surface area contributed by atoms with Crippen LogP contribution in [0.3, 0.4) is 0 Å². The van der Waals surface area contributed by atoms with Crippen molar-refractivity contribution in [1.29, 1.82) is 0 Å². The Hall–Kier alpha value is -3.85. The molecule has 0 aliphatic rings. The molecule has 0 saturated carbocycles. The van der Waals surface area contributed by atoms with E-state index in [9.17, 15) is 14.4 Å². The molecule has 2 amide bonds. The van der Waals surface area contributed by atoms with E-state index in [2.05, 4.69) is 33.0 Å². The molecule has 0 unspecified atom stereocenters. The van der Waals surface area contributed by atoms with Gasteiger partial charge in [-0.15, -0.1) is 10.2 Å². The zero-order valence-corrected chi connectivity index (χ0v) is 21.5. The number of unbranched alkanes of at least 4 members (excludes halogenated alkanes) is 3. The fourth-order valence-corrected chi connectivity index (χ4v) is 3.68. The largest absolute Gasteiger partial charge is 0.419 e. The number of carbonyl (C=O) groups excluding carboxylic acids is 3. The molecule has 9 heteroatoms. The quantitative estimate of drug-likeness (QED) is 0.240. The fraction of sp³-hybridized carbons (Fsp3) is 0.393. The van der Waals surface area contributed by atoms with E-state index in [-0.39, 0.29) is 30.7 Å². The lowest BCUT2D eigenvalue weighted by Gasteiger charge is -2.10. The molecule has 1 aromatic heterocycles. The standard InChI is InChI=1S/C28H35N5O4/c1-33(2)19-18-29-26(35)22-14-16-23(17-15-22)28-32-31-25(37-28)20-30-27(36)24(34)13-9-4-3-6-10-21-11-7-5-8-12-21/h5,7-8,11-12,14-17H,3-4,6,9-10,13,18-20H2,1-2H3,(H,29,35)(H,30,36). The van der Waals surface area contributed by atoms with Crippen LogP contribution in [-0.4, -0.2) is 59.9 Å². The molecule has 0 atom stereocenters. The topological polar surface area (TPSA) is 117 Å². The monoisotopic (exact) mass is 505 g/mol.